The number of piperidine rings is 1. The molecule has 3 N–H and O–H groups in total. The molecule has 0 bridgehead atoms. The lowest BCUT2D eigenvalue weighted by Crippen LogP contribution is -2.42. The van der Waals surface area contributed by atoms with Crippen LogP contribution in [0.2, 0.25) is 0 Å². The summed E-state index contributed by atoms with van der Waals surface area (Å²) < 4.78 is 5.50. The second-order valence-electron chi connectivity index (χ2n) is 7.60. The summed E-state index contributed by atoms with van der Waals surface area (Å²) in [7, 11) is 0. The van der Waals surface area contributed by atoms with E-state index in [-0.39, 0.29) is 12.0 Å². The van der Waals surface area contributed by atoms with Crippen molar-refractivity contribution in [1.82, 2.24) is 9.88 Å². The molecule has 1 unspecified atom stereocenters. The Balaban J connectivity index is 1.86. The summed E-state index contributed by atoms with van der Waals surface area (Å²) in [4.78, 5) is 28.9. The Bertz CT molecular complexity index is 804. The maximum absolute atomic E-state index is 12.4. The molecule has 6 nitrogen and oxygen atoms in total. The number of hydrogen-bond donors (Lipinski definition) is 2. The lowest BCUT2D eigenvalue weighted by Gasteiger charge is -2.34. The molecule has 1 aromatic heterocycles. The lowest BCUT2D eigenvalue weighted by molar-refractivity contribution is 0.0198. The Morgan fingerprint density at radius 3 is 2.72 bits per heavy atom. The number of ether oxygens (including phenoxy) is 1. The number of benzene rings is 1. The van der Waals surface area contributed by atoms with Crippen molar-refractivity contribution in [3.05, 3.63) is 35.5 Å². The molecule has 0 spiro atoms. The average Bonchev–Trinajstić information content (AvgIpc) is 3.01. The minimum atomic E-state index is -0.499. The van der Waals surface area contributed by atoms with E-state index in [2.05, 4.69) is 4.98 Å². The molecule has 3 rings (SSSR count). The fourth-order valence-corrected chi connectivity index (χ4v) is 3.46. The second kappa shape index (κ2) is 6.43. The first kappa shape index (κ1) is 17.3. The summed E-state index contributed by atoms with van der Waals surface area (Å²) >= 11 is 0. The maximum atomic E-state index is 12.4. The Kier molecular flexibility index (Phi) is 4.45. The van der Waals surface area contributed by atoms with Gasteiger partial charge in [-0.2, -0.15) is 0 Å². The van der Waals surface area contributed by atoms with E-state index in [9.17, 15) is 9.59 Å². The third-order valence-corrected chi connectivity index (χ3v) is 4.54. The summed E-state index contributed by atoms with van der Waals surface area (Å²) in [6.07, 6.45) is 3.47. The van der Waals surface area contributed by atoms with Crippen LogP contribution in [0.1, 0.15) is 55.5 Å². The number of H-pyrrole nitrogens is 1. The number of nitrogens with zero attached hydrogens (tertiary/aromatic N) is 1. The lowest BCUT2D eigenvalue weighted by atomic mass is 9.88. The highest BCUT2D eigenvalue weighted by Crippen LogP contribution is 2.33. The van der Waals surface area contributed by atoms with Crippen LogP contribution in [0.3, 0.4) is 0 Å². The quantitative estimate of drug-likeness (QED) is 0.876. The van der Waals surface area contributed by atoms with Crippen molar-refractivity contribution in [2.75, 3.05) is 13.1 Å². The van der Waals surface area contributed by atoms with Gasteiger partial charge in [-0.25, -0.2) is 4.79 Å². The summed E-state index contributed by atoms with van der Waals surface area (Å²) in [5.74, 6) is -0.237. The monoisotopic (exact) mass is 343 g/mol. The van der Waals surface area contributed by atoms with Crippen molar-refractivity contribution < 1.29 is 14.3 Å². The van der Waals surface area contributed by atoms with Gasteiger partial charge in [-0.3, -0.25) is 4.79 Å². The van der Waals surface area contributed by atoms with E-state index in [0.29, 0.717) is 18.7 Å². The zero-order chi connectivity index (χ0) is 18.2. The molecular formula is C19H25N3O3. The van der Waals surface area contributed by atoms with Crippen LogP contribution in [0, 0.1) is 0 Å². The van der Waals surface area contributed by atoms with E-state index in [0.717, 1.165) is 29.3 Å². The topological polar surface area (TPSA) is 88.4 Å². The number of nitrogens with two attached hydrogens (primary N) is 1. The van der Waals surface area contributed by atoms with E-state index < -0.39 is 11.5 Å². The second-order valence-corrected chi connectivity index (χ2v) is 7.60. The first-order valence-electron chi connectivity index (χ1n) is 8.64. The molecule has 1 fully saturated rings. The molecule has 1 aromatic carbocycles. The van der Waals surface area contributed by atoms with Crippen molar-refractivity contribution in [2.45, 2.75) is 45.1 Å². The number of primary amides is 1. The number of carbonyl (C=O) groups is 2. The van der Waals surface area contributed by atoms with Gasteiger partial charge in [-0.15, -0.1) is 0 Å². The zero-order valence-electron chi connectivity index (χ0n) is 15.0. The van der Waals surface area contributed by atoms with Gasteiger partial charge in [0.25, 0.3) is 5.91 Å². The molecule has 134 valence electrons. The SMILES string of the molecule is CC(C)(C)OC(=O)N1CCCC(c2ccc(C(N)=O)c3[nH]ccc23)C1. The van der Waals surface area contributed by atoms with Crippen molar-refractivity contribution >= 4 is 22.9 Å². The molecule has 0 aliphatic carbocycles. The van der Waals surface area contributed by atoms with E-state index >= 15 is 0 Å². The Morgan fingerprint density at radius 1 is 1.28 bits per heavy atom. The third kappa shape index (κ3) is 3.62. The van der Waals surface area contributed by atoms with Crippen molar-refractivity contribution in [1.29, 1.82) is 0 Å². The van der Waals surface area contributed by atoms with Gasteiger partial charge in [0.15, 0.2) is 0 Å². The van der Waals surface area contributed by atoms with Crippen LogP contribution in [0.15, 0.2) is 24.4 Å². The molecule has 1 aliphatic rings. The number of amides is 2. The molecule has 1 aliphatic heterocycles. The van der Waals surface area contributed by atoms with Gasteiger partial charge < -0.3 is 20.4 Å². The van der Waals surface area contributed by atoms with Gasteiger partial charge >= 0.3 is 6.09 Å². The Morgan fingerprint density at radius 2 is 2.04 bits per heavy atom. The van der Waals surface area contributed by atoms with Crippen molar-refractivity contribution in [3.8, 4) is 0 Å². The highest BCUT2D eigenvalue weighted by Gasteiger charge is 2.29. The number of hydrogen-bond acceptors (Lipinski definition) is 3. The van der Waals surface area contributed by atoms with Crippen LogP contribution in [-0.4, -0.2) is 40.6 Å². The highest BCUT2D eigenvalue weighted by atomic mass is 16.6. The fraction of sp³-hybridized carbons (Fsp3) is 0.474. The number of nitrogens with one attached hydrogen (secondary N) is 1. The third-order valence-electron chi connectivity index (χ3n) is 4.54. The number of aromatic amines is 1. The van der Waals surface area contributed by atoms with E-state index in [1.807, 2.05) is 39.1 Å². The van der Waals surface area contributed by atoms with Crippen molar-refractivity contribution in [3.63, 3.8) is 0 Å². The van der Waals surface area contributed by atoms with Gasteiger partial charge in [0.2, 0.25) is 0 Å². The fourth-order valence-electron chi connectivity index (χ4n) is 3.46. The minimum absolute atomic E-state index is 0.210. The predicted molar refractivity (Wildman–Crippen MR) is 96.6 cm³/mol. The molecule has 2 heterocycles. The van der Waals surface area contributed by atoms with E-state index in [4.69, 9.17) is 10.5 Å². The number of fused-ring (bicyclic) bond motifs is 1. The molecule has 0 saturated carbocycles. The molecule has 6 heteroatoms. The van der Waals surface area contributed by atoms with E-state index in [1.165, 1.54) is 0 Å². The van der Waals surface area contributed by atoms with Crippen LogP contribution < -0.4 is 5.73 Å². The molecular weight excluding hydrogens is 318 g/mol. The van der Waals surface area contributed by atoms with Gasteiger partial charge in [0, 0.05) is 30.6 Å². The molecule has 1 atom stereocenters. The zero-order valence-corrected chi connectivity index (χ0v) is 15.0. The van der Waals surface area contributed by atoms with Gasteiger partial charge in [-0.1, -0.05) is 6.07 Å². The summed E-state index contributed by atoms with van der Waals surface area (Å²) in [6, 6.07) is 5.69. The molecule has 2 aromatic rings. The van der Waals surface area contributed by atoms with Gasteiger partial charge in [-0.05, 0) is 51.3 Å². The number of carbonyl (C=O) groups excluding carboxylic acids is 2. The van der Waals surface area contributed by atoms with Crippen LogP contribution in [0.4, 0.5) is 4.79 Å². The van der Waals surface area contributed by atoms with Crippen LogP contribution >= 0.6 is 0 Å². The Hall–Kier alpha value is -2.50. The molecule has 0 radical (unpaired) electrons. The predicted octanol–water partition coefficient (Wildman–Crippen LogP) is 3.38. The molecule has 2 amide bonds. The molecule has 1 saturated heterocycles. The van der Waals surface area contributed by atoms with Crippen LogP contribution in [0.25, 0.3) is 10.9 Å². The summed E-state index contributed by atoms with van der Waals surface area (Å²) in [6.45, 7) is 6.95. The summed E-state index contributed by atoms with van der Waals surface area (Å²) in [5, 5.41) is 0.993. The standard InChI is InChI=1S/C19H25N3O3/c1-19(2,3)25-18(24)22-10-4-5-12(11-22)13-6-7-15(17(20)23)16-14(13)8-9-21-16/h6-9,12,21H,4-5,10-11H2,1-3H3,(H2,20,23). The Labute approximate surface area is 147 Å². The van der Waals surface area contributed by atoms with Crippen LogP contribution in [0.5, 0.6) is 0 Å². The largest absolute Gasteiger partial charge is 0.444 e. The molecule has 25 heavy (non-hydrogen) atoms. The first-order chi connectivity index (χ1) is 11.8. The van der Waals surface area contributed by atoms with Crippen molar-refractivity contribution in [2.24, 2.45) is 5.73 Å². The van der Waals surface area contributed by atoms with E-state index in [1.54, 1.807) is 11.0 Å². The van der Waals surface area contributed by atoms with Gasteiger partial charge in [0.05, 0.1) is 11.1 Å². The van der Waals surface area contributed by atoms with Crippen LogP contribution in [-0.2, 0) is 4.74 Å². The van der Waals surface area contributed by atoms with Gasteiger partial charge in [0.1, 0.15) is 5.60 Å². The number of aromatic nitrogens is 1. The smallest absolute Gasteiger partial charge is 0.410 e. The number of likely N-dealkylation sites (tertiary alicyclic amines) is 1. The summed E-state index contributed by atoms with van der Waals surface area (Å²) in [5.41, 5.74) is 7.35. The maximum Gasteiger partial charge on any atom is 0.410 e. The normalized spacial score (nSPS) is 18.4. The minimum Gasteiger partial charge on any atom is -0.444 e. The average molecular weight is 343 g/mol. The highest BCUT2D eigenvalue weighted by molar-refractivity contribution is 6.05. The first-order valence-corrected chi connectivity index (χ1v) is 8.64. The number of rotatable bonds is 2.